The molecule has 0 unspecified atom stereocenters. The average Bonchev–Trinajstić information content (AvgIpc) is 3.19. The van der Waals surface area contributed by atoms with Crippen LogP contribution in [0.25, 0.3) is 5.69 Å². The van der Waals surface area contributed by atoms with Crippen LogP contribution in [-0.4, -0.2) is 20.9 Å². The van der Waals surface area contributed by atoms with Crippen LogP contribution in [0.4, 0.5) is 4.39 Å². The van der Waals surface area contributed by atoms with Crippen LogP contribution in [0.5, 0.6) is 0 Å². The molecule has 0 spiro atoms. The van der Waals surface area contributed by atoms with Crippen molar-refractivity contribution in [3.05, 3.63) is 63.3 Å². The number of rotatable bonds is 5. The molecule has 2 heterocycles. The van der Waals surface area contributed by atoms with Crippen LogP contribution in [-0.2, 0) is 17.8 Å². The van der Waals surface area contributed by atoms with E-state index in [1.165, 1.54) is 12.1 Å². The number of benzene rings is 1. The van der Waals surface area contributed by atoms with E-state index in [9.17, 15) is 9.18 Å². The number of nitrogens with one attached hydrogen (secondary N) is 1. The van der Waals surface area contributed by atoms with E-state index in [4.69, 9.17) is 11.6 Å². The summed E-state index contributed by atoms with van der Waals surface area (Å²) in [5.74, 6) is -0.821. The lowest BCUT2D eigenvalue weighted by Gasteiger charge is -2.06. The van der Waals surface area contributed by atoms with E-state index < -0.39 is 5.82 Å². The van der Waals surface area contributed by atoms with Crippen LogP contribution in [0.3, 0.4) is 0 Å². The van der Waals surface area contributed by atoms with E-state index in [1.54, 1.807) is 28.3 Å². The fourth-order valence-corrected chi connectivity index (χ4v) is 2.86. The molecule has 0 fully saturated rings. The summed E-state index contributed by atoms with van der Waals surface area (Å²) in [4.78, 5) is 11.9. The lowest BCUT2D eigenvalue weighted by Crippen LogP contribution is -2.25. The Morgan fingerprint density at radius 2 is 2.26 bits per heavy atom. The molecule has 118 valence electrons. The molecule has 1 aromatic carbocycles. The van der Waals surface area contributed by atoms with Crippen LogP contribution in [0.15, 0.2) is 41.2 Å². The second kappa shape index (κ2) is 6.89. The third-order valence-electron chi connectivity index (χ3n) is 3.18. The largest absolute Gasteiger partial charge is 0.350 e. The van der Waals surface area contributed by atoms with Gasteiger partial charge in [-0.2, -0.15) is 11.3 Å². The molecule has 3 rings (SSSR count). The molecule has 3 aromatic rings. The predicted octanol–water partition coefficient (Wildman–Crippen LogP) is 2.98. The highest BCUT2D eigenvalue weighted by Crippen LogP contribution is 2.19. The minimum Gasteiger partial charge on any atom is -0.350 e. The van der Waals surface area contributed by atoms with Gasteiger partial charge in [0.25, 0.3) is 0 Å². The Morgan fingerprint density at radius 1 is 1.39 bits per heavy atom. The first-order valence-corrected chi connectivity index (χ1v) is 8.09. The van der Waals surface area contributed by atoms with E-state index in [0.29, 0.717) is 5.69 Å². The summed E-state index contributed by atoms with van der Waals surface area (Å²) >= 11 is 7.47. The summed E-state index contributed by atoms with van der Waals surface area (Å²) in [6.45, 7) is 0.217. The first-order chi connectivity index (χ1) is 11.1. The number of carbonyl (C=O) groups excluding carboxylic acids is 1. The second-order valence-corrected chi connectivity index (χ2v) is 5.98. The van der Waals surface area contributed by atoms with Crippen LogP contribution in [0.1, 0.15) is 11.3 Å². The van der Waals surface area contributed by atoms with Gasteiger partial charge >= 0.3 is 0 Å². The van der Waals surface area contributed by atoms with Crippen molar-refractivity contribution in [3.63, 3.8) is 0 Å². The Morgan fingerprint density at radius 3 is 3.00 bits per heavy atom. The fraction of sp³-hybridized carbons (Fsp3) is 0.133. The van der Waals surface area contributed by atoms with E-state index in [-0.39, 0.29) is 29.5 Å². The minimum atomic E-state index is -0.490. The molecule has 8 heteroatoms. The maximum atomic E-state index is 13.6. The van der Waals surface area contributed by atoms with Crippen molar-refractivity contribution in [1.29, 1.82) is 0 Å². The van der Waals surface area contributed by atoms with Gasteiger partial charge in [-0.3, -0.25) is 4.79 Å². The molecule has 0 saturated carbocycles. The maximum absolute atomic E-state index is 13.6. The molecule has 1 N–H and O–H groups in total. The highest BCUT2D eigenvalue weighted by molar-refractivity contribution is 7.08. The van der Waals surface area contributed by atoms with Gasteiger partial charge < -0.3 is 5.32 Å². The van der Waals surface area contributed by atoms with E-state index in [2.05, 4.69) is 15.6 Å². The number of halogens is 2. The van der Waals surface area contributed by atoms with Gasteiger partial charge in [0.1, 0.15) is 11.5 Å². The van der Waals surface area contributed by atoms with E-state index in [1.807, 2.05) is 16.8 Å². The van der Waals surface area contributed by atoms with Gasteiger partial charge in [0.2, 0.25) is 5.91 Å². The lowest BCUT2D eigenvalue weighted by atomic mass is 10.1. The molecule has 0 aliphatic heterocycles. The van der Waals surface area contributed by atoms with Crippen molar-refractivity contribution in [3.8, 4) is 5.69 Å². The summed E-state index contributed by atoms with van der Waals surface area (Å²) < 4.78 is 15.3. The van der Waals surface area contributed by atoms with Crippen LogP contribution in [0, 0.1) is 5.82 Å². The smallest absolute Gasteiger partial charge is 0.224 e. The van der Waals surface area contributed by atoms with Gasteiger partial charge in [-0.15, -0.1) is 5.10 Å². The van der Waals surface area contributed by atoms with Crippen molar-refractivity contribution < 1.29 is 9.18 Å². The quantitative estimate of drug-likeness (QED) is 0.769. The number of carbonyl (C=O) groups is 1. The Bertz CT molecular complexity index is 799. The van der Waals surface area contributed by atoms with Crippen LogP contribution in [0.2, 0.25) is 5.02 Å². The monoisotopic (exact) mass is 350 g/mol. The Hall–Kier alpha value is -2.25. The predicted molar refractivity (Wildman–Crippen MR) is 86.2 cm³/mol. The molecule has 0 aliphatic rings. The van der Waals surface area contributed by atoms with Gasteiger partial charge in [-0.1, -0.05) is 22.9 Å². The van der Waals surface area contributed by atoms with Crippen molar-refractivity contribution in [1.82, 2.24) is 20.3 Å². The summed E-state index contributed by atoms with van der Waals surface area (Å²) in [5, 5.41) is 14.8. The number of hydrogen-bond donors (Lipinski definition) is 1. The number of hydrogen-bond acceptors (Lipinski definition) is 4. The zero-order valence-corrected chi connectivity index (χ0v) is 13.4. The van der Waals surface area contributed by atoms with Gasteiger partial charge in [0, 0.05) is 16.0 Å². The fourth-order valence-electron chi connectivity index (χ4n) is 2.01. The van der Waals surface area contributed by atoms with Gasteiger partial charge in [-0.05, 0) is 23.6 Å². The first-order valence-electron chi connectivity index (χ1n) is 6.77. The molecule has 1 amide bonds. The minimum absolute atomic E-state index is 0.121. The second-order valence-electron chi connectivity index (χ2n) is 4.79. The van der Waals surface area contributed by atoms with Crippen LogP contribution < -0.4 is 5.32 Å². The van der Waals surface area contributed by atoms with Crippen molar-refractivity contribution in [2.24, 2.45) is 0 Å². The molecule has 2 aromatic heterocycles. The molecule has 23 heavy (non-hydrogen) atoms. The summed E-state index contributed by atoms with van der Waals surface area (Å²) in [5.41, 5.74) is 1.72. The Balaban J connectivity index is 1.59. The molecule has 0 atom stereocenters. The summed E-state index contributed by atoms with van der Waals surface area (Å²) in [6.07, 6.45) is 1.61. The zero-order chi connectivity index (χ0) is 16.2. The summed E-state index contributed by atoms with van der Waals surface area (Å²) in [6, 6.07) is 6.25. The zero-order valence-electron chi connectivity index (χ0n) is 11.9. The number of amides is 1. The average molecular weight is 351 g/mol. The summed E-state index contributed by atoms with van der Waals surface area (Å²) in [7, 11) is 0. The molecule has 0 bridgehead atoms. The third-order valence-corrected chi connectivity index (χ3v) is 4.20. The first kappa shape index (κ1) is 15.6. The molecular weight excluding hydrogens is 339 g/mol. The van der Waals surface area contributed by atoms with E-state index in [0.717, 1.165) is 5.69 Å². The van der Waals surface area contributed by atoms with Crippen molar-refractivity contribution >= 4 is 28.8 Å². The highest BCUT2D eigenvalue weighted by Gasteiger charge is 2.12. The number of nitrogens with zero attached hydrogens (tertiary/aromatic N) is 3. The molecular formula is C15H12ClFN4OS. The SMILES string of the molecule is O=C(Cc1c(F)cccc1Cl)NCc1cn(-c2ccsc2)nn1. The van der Waals surface area contributed by atoms with Crippen molar-refractivity contribution in [2.45, 2.75) is 13.0 Å². The third kappa shape index (κ3) is 3.75. The molecule has 0 radical (unpaired) electrons. The Labute approximate surface area is 140 Å². The number of thiophene rings is 1. The number of aromatic nitrogens is 3. The normalized spacial score (nSPS) is 10.7. The Kier molecular flexibility index (Phi) is 4.68. The molecule has 0 saturated heterocycles. The highest BCUT2D eigenvalue weighted by atomic mass is 35.5. The topological polar surface area (TPSA) is 59.8 Å². The molecule has 0 aliphatic carbocycles. The van der Waals surface area contributed by atoms with Crippen molar-refractivity contribution in [2.75, 3.05) is 0 Å². The van der Waals surface area contributed by atoms with Gasteiger partial charge in [0.15, 0.2) is 0 Å². The van der Waals surface area contributed by atoms with Gasteiger partial charge in [0.05, 0.1) is 24.8 Å². The van der Waals surface area contributed by atoms with Crippen LogP contribution >= 0.6 is 22.9 Å². The molecule has 5 nitrogen and oxygen atoms in total. The maximum Gasteiger partial charge on any atom is 0.224 e. The van der Waals surface area contributed by atoms with Gasteiger partial charge in [-0.25, -0.2) is 9.07 Å². The lowest BCUT2D eigenvalue weighted by molar-refractivity contribution is -0.120. The van der Waals surface area contributed by atoms with E-state index >= 15 is 0 Å². The standard InChI is InChI=1S/C15H12ClFN4OS/c16-13-2-1-3-14(17)12(13)6-15(22)18-7-10-8-21(20-19-10)11-4-5-23-9-11/h1-5,8-9H,6-7H2,(H,18,22).